The van der Waals surface area contributed by atoms with Gasteiger partial charge in [0, 0.05) is 18.6 Å². The number of anilines is 1. The maximum Gasteiger partial charge on any atom is 0.243 e. The first-order valence-corrected chi connectivity index (χ1v) is 8.26. The number of hydrogen-bond acceptors (Lipinski definition) is 3. The summed E-state index contributed by atoms with van der Waals surface area (Å²) in [6.07, 6.45) is 0. The first-order valence-electron chi connectivity index (χ1n) is 6.06. The minimum Gasteiger partial charge on any atom is -0.397 e. The molecular weight excluding hydrogens is 331 g/mol. The predicted molar refractivity (Wildman–Crippen MR) is 86.0 cm³/mol. The summed E-state index contributed by atoms with van der Waals surface area (Å²) in [5.74, 6) is 0. The first-order chi connectivity index (χ1) is 9.80. The maximum absolute atomic E-state index is 12.5. The van der Waals surface area contributed by atoms with E-state index in [-0.39, 0.29) is 17.1 Å². The summed E-state index contributed by atoms with van der Waals surface area (Å²) in [5.41, 5.74) is 6.69. The van der Waals surface area contributed by atoms with Crippen molar-refractivity contribution in [1.82, 2.24) is 4.31 Å². The van der Waals surface area contributed by atoms with Gasteiger partial charge in [-0.15, -0.1) is 0 Å². The quantitative estimate of drug-likeness (QED) is 0.864. The molecule has 0 aromatic heterocycles. The molecular formula is C14H14Cl2N2O2S. The minimum absolute atomic E-state index is 0.105. The average molecular weight is 345 g/mol. The molecule has 0 bridgehead atoms. The van der Waals surface area contributed by atoms with Crippen LogP contribution >= 0.6 is 23.2 Å². The van der Waals surface area contributed by atoms with Gasteiger partial charge in [0.1, 0.15) is 0 Å². The van der Waals surface area contributed by atoms with Gasteiger partial charge in [0.05, 0.1) is 15.6 Å². The Hall–Kier alpha value is -1.27. The standard InChI is InChI=1S/C14H14Cl2N2O2S/c1-18(9-10-3-2-4-11(15)7-10)21(19,20)12-5-6-13(16)14(17)8-12/h2-8H,9,17H2,1H3. The van der Waals surface area contributed by atoms with E-state index < -0.39 is 10.0 Å². The molecule has 0 aliphatic rings. The Morgan fingerprint density at radius 2 is 1.86 bits per heavy atom. The third kappa shape index (κ3) is 3.68. The van der Waals surface area contributed by atoms with Gasteiger partial charge in [0.2, 0.25) is 10.0 Å². The Bertz CT molecular complexity index is 763. The number of sulfonamides is 1. The van der Waals surface area contributed by atoms with Crippen LogP contribution < -0.4 is 5.73 Å². The van der Waals surface area contributed by atoms with Gasteiger partial charge < -0.3 is 5.73 Å². The molecule has 0 atom stereocenters. The summed E-state index contributed by atoms with van der Waals surface area (Å²) in [4.78, 5) is 0.105. The highest BCUT2D eigenvalue weighted by Gasteiger charge is 2.21. The molecule has 2 rings (SSSR count). The van der Waals surface area contributed by atoms with E-state index in [4.69, 9.17) is 28.9 Å². The SMILES string of the molecule is CN(Cc1cccc(Cl)c1)S(=O)(=O)c1ccc(Cl)c(N)c1. The van der Waals surface area contributed by atoms with Gasteiger partial charge in [-0.25, -0.2) is 8.42 Å². The van der Waals surface area contributed by atoms with Gasteiger partial charge in [-0.2, -0.15) is 4.31 Å². The van der Waals surface area contributed by atoms with Crippen LogP contribution in [0.1, 0.15) is 5.56 Å². The van der Waals surface area contributed by atoms with Gasteiger partial charge in [-0.3, -0.25) is 0 Å². The minimum atomic E-state index is -3.64. The molecule has 0 unspecified atom stereocenters. The van der Waals surface area contributed by atoms with Crippen LogP contribution in [0.15, 0.2) is 47.4 Å². The van der Waals surface area contributed by atoms with E-state index >= 15 is 0 Å². The lowest BCUT2D eigenvalue weighted by Gasteiger charge is -2.18. The summed E-state index contributed by atoms with van der Waals surface area (Å²) in [6.45, 7) is 0.214. The largest absolute Gasteiger partial charge is 0.397 e. The smallest absolute Gasteiger partial charge is 0.243 e. The third-order valence-corrected chi connectivity index (χ3v) is 5.35. The Morgan fingerprint density at radius 3 is 2.48 bits per heavy atom. The number of nitrogen functional groups attached to an aromatic ring is 1. The van der Waals surface area contributed by atoms with Crippen molar-refractivity contribution in [3.05, 3.63) is 58.1 Å². The number of halogens is 2. The van der Waals surface area contributed by atoms with E-state index in [0.29, 0.717) is 10.0 Å². The van der Waals surface area contributed by atoms with Crippen molar-refractivity contribution in [2.75, 3.05) is 12.8 Å². The molecule has 0 fully saturated rings. The van der Waals surface area contributed by atoms with E-state index in [1.54, 1.807) is 18.2 Å². The molecule has 0 radical (unpaired) electrons. The molecule has 0 heterocycles. The molecule has 0 amide bonds. The van der Waals surface area contributed by atoms with E-state index in [0.717, 1.165) is 5.56 Å². The van der Waals surface area contributed by atoms with Crippen LogP contribution in [-0.2, 0) is 16.6 Å². The summed E-state index contributed by atoms with van der Waals surface area (Å²) < 4.78 is 26.2. The molecule has 21 heavy (non-hydrogen) atoms. The highest BCUT2D eigenvalue weighted by Crippen LogP contribution is 2.25. The van der Waals surface area contributed by atoms with Crippen molar-refractivity contribution in [2.24, 2.45) is 0 Å². The fraction of sp³-hybridized carbons (Fsp3) is 0.143. The van der Waals surface area contributed by atoms with E-state index in [1.807, 2.05) is 6.07 Å². The van der Waals surface area contributed by atoms with Gasteiger partial charge >= 0.3 is 0 Å². The monoisotopic (exact) mass is 344 g/mol. The number of benzene rings is 2. The molecule has 2 aromatic rings. The molecule has 0 aliphatic carbocycles. The highest BCUT2D eigenvalue weighted by molar-refractivity contribution is 7.89. The Labute approximate surface area is 134 Å². The fourth-order valence-corrected chi connectivity index (χ4v) is 3.36. The summed E-state index contributed by atoms with van der Waals surface area (Å²) in [6, 6.07) is 11.3. The van der Waals surface area contributed by atoms with Crippen LogP contribution in [0.4, 0.5) is 5.69 Å². The van der Waals surface area contributed by atoms with Gasteiger partial charge in [-0.1, -0.05) is 35.3 Å². The van der Waals surface area contributed by atoms with Crippen molar-refractivity contribution in [2.45, 2.75) is 11.4 Å². The third-order valence-electron chi connectivity index (χ3n) is 2.97. The molecule has 112 valence electrons. The molecule has 7 heteroatoms. The number of nitrogens with two attached hydrogens (primary N) is 1. The number of hydrogen-bond donors (Lipinski definition) is 1. The van der Waals surface area contributed by atoms with E-state index in [9.17, 15) is 8.42 Å². The topological polar surface area (TPSA) is 63.4 Å². The van der Waals surface area contributed by atoms with Crippen molar-refractivity contribution in [1.29, 1.82) is 0 Å². The van der Waals surface area contributed by atoms with Crippen LogP contribution in [0.25, 0.3) is 0 Å². The molecule has 2 aromatic carbocycles. The van der Waals surface area contributed by atoms with E-state index in [2.05, 4.69) is 0 Å². The number of rotatable bonds is 4. The second kappa shape index (κ2) is 6.23. The molecule has 4 nitrogen and oxygen atoms in total. The van der Waals surface area contributed by atoms with Gasteiger partial charge in [0.25, 0.3) is 0 Å². The fourth-order valence-electron chi connectivity index (χ4n) is 1.84. The van der Waals surface area contributed by atoms with Crippen molar-refractivity contribution in [3.63, 3.8) is 0 Å². The molecule has 0 spiro atoms. The average Bonchev–Trinajstić information content (AvgIpc) is 2.41. The van der Waals surface area contributed by atoms with E-state index in [1.165, 1.54) is 29.6 Å². The van der Waals surface area contributed by atoms with Crippen molar-refractivity contribution in [3.8, 4) is 0 Å². The lowest BCUT2D eigenvalue weighted by molar-refractivity contribution is 0.467. The molecule has 0 aliphatic heterocycles. The zero-order valence-electron chi connectivity index (χ0n) is 11.3. The summed E-state index contributed by atoms with van der Waals surface area (Å²) in [5, 5.41) is 0.889. The van der Waals surface area contributed by atoms with Crippen LogP contribution in [-0.4, -0.2) is 19.8 Å². The molecule has 0 saturated carbocycles. The van der Waals surface area contributed by atoms with Crippen molar-refractivity contribution < 1.29 is 8.42 Å². The first kappa shape index (κ1) is 16.1. The van der Waals surface area contributed by atoms with Crippen LogP contribution in [0.5, 0.6) is 0 Å². The summed E-state index contributed by atoms with van der Waals surface area (Å²) >= 11 is 11.7. The maximum atomic E-state index is 12.5. The zero-order valence-corrected chi connectivity index (χ0v) is 13.6. The lowest BCUT2D eigenvalue weighted by Crippen LogP contribution is -2.26. The Balaban J connectivity index is 2.28. The highest BCUT2D eigenvalue weighted by atomic mass is 35.5. The Kier molecular flexibility index (Phi) is 4.78. The predicted octanol–water partition coefficient (Wildman–Crippen LogP) is 3.40. The Morgan fingerprint density at radius 1 is 1.14 bits per heavy atom. The van der Waals surface area contributed by atoms with Crippen LogP contribution in [0, 0.1) is 0 Å². The van der Waals surface area contributed by atoms with Crippen LogP contribution in [0.3, 0.4) is 0 Å². The van der Waals surface area contributed by atoms with Gasteiger partial charge in [0.15, 0.2) is 0 Å². The van der Waals surface area contributed by atoms with Crippen LogP contribution in [0.2, 0.25) is 10.0 Å². The number of nitrogens with zero attached hydrogens (tertiary/aromatic N) is 1. The summed E-state index contributed by atoms with van der Waals surface area (Å²) in [7, 11) is -2.14. The van der Waals surface area contributed by atoms with Gasteiger partial charge in [-0.05, 0) is 35.9 Å². The molecule has 2 N–H and O–H groups in total. The second-order valence-corrected chi connectivity index (χ2v) is 7.46. The second-order valence-electron chi connectivity index (χ2n) is 4.57. The zero-order chi connectivity index (χ0) is 15.6. The lowest BCUT2D eigenvalue weighted by atomic mass is 10.2. The van der Waals surface area contributed by atoms with Crippen molar-refractivity contribution >= 4 is 38.9 Å². The normalized spacial score (nSPS) is 11.8. The molecule has 0 saturated heterocycles.